The summed E-state index contributed by atoms with van der Waals surface area (Å²) >= 11 is 0. The Kier molecular flexibility index (Phi) is 3.92. The molecule has 126 valence electrons. The Morgan fingerprint density at radius 3 is 2.38 bits per heavy atom. The predicted molar refractivity (Wildman–Crippen MR) is 85.1 cm³/mol. The molecule has 0 saturated carbocycles. The summed E-state index contributed by atoms with van der Waals surface area (Å²) < 4.78 is 15.5. The second kappa shape index (κ2) is 5.92. The third-order valence-corrected chi connectivity index (χ3v) is 4.02. The number of aromatic hydroxyl groups is 1. The molecule has 1 aromatic heterocycles. The molecule has 1 aliphatic heterocycles. The number of phenolic OH excluding ortho intramolecular Hbond substituents is 1. The lowest BCUT2D eigenvalue weighted by Crippen LogP contribution is -2.28. The van der Waals surface area contributed by atoms with Gasteiger partial charge in [-0.15, -0.1) is 0 Å². The van der Waals surface area contributed by atoms with E-state index >= 15 is 0 Å². The van der Waals surface area contributed by atoms with Gasteiger partial charge in [0.05, 0.1) is 26.2 Å². The monoisotopic (exact) mass is 331 g/mol. The molecular formula is C17H17NO6. The molecule has 2 heterocycles. The van der Waals surface area contributed by atoms with Gasteiger partial charge in [-0.25, -0.2) is 0 Å². The van der Waals surface area contributed by atoms with Crippen molar-refractivity contribution in [1.29, 1.82) is 0 Å². The fourth-order valence-electron chi connectivity index (χ4n) is 2.92. The predicted octanol–water partition coefficient (Wildman–Crippen LogP) is 1.85. The minimum Gasteiger partial charge on any atom is -0.502 e. The lowest BCUT2D eigenvalue weighted by atomic mass is 9.86. The van der Waals surface area contributed by atoms with Crippen LogP contribution in [0.15, 0.2) is 23.0 Å². The topological polar surface area (TPSA) is 97.9 Å². The molecule has 1 aliphatic rings. The number of fused-ring (bicyclic) bond motifs is 1. The number of pyridine rings is 1. The molecule has 7 heteroatoms. The molecule has 0 aliphatic carbocycles. The summed E-state index contributed by atoms with van der Waals surface area (Å²) in [5, 5.41) is 10.0. The smallest absolute Gasteiger partial charge is 0.312 e. The van der Waals surface area contributed by atoms with Crippen LogP contribution in [-0.2, 0) is 4.79 Å². The number of aromatic amines is 1. The molecular weight excluding hydrogens is 314 g/mol. The van der Waals surface area contributed by atoms with Crippen LogP contribution >= 0.6 is 0 Å². The molecule has 24 heavy (non-hydrogen) atoms. The van der Waals surface area contributed by atoms with Gasteiger partial charge in [0.15, 0.2) is 11.5 Å². The van der Waals surface area contributed by atoms with Crippen molar-refractivity contribution in [1.82, 2.24) is 4.98 Å². The number of ether oxygens (including phenoxy) is 3. The molecule has 2 N–H and O–H groups in total. The van der Waals surface area contributed by atoms with Gasteiger partial charge in [0, 0.05) is 17.7 Å². The van der Waals surface area contributed by atoms with Gasteiger partial charge >= 0.3 is 5.97 Å². The van der Waals surface area contributed by atoms with Crippen LogP contribution in [0.25, 0.3) is 0 Å². The van der Waals surface area contributed by atoms with Crippen LogP contribution in [-0.4, -0.2) is 30.3 Å². The van der Waals surface area contributed by atoms with E-state index in [1.807, 2.05) is 0 Å². The van der Waals surface area contributed by atoms with E-state index in [1.54, 1.807) is 25.1 Å². The fourth-order valence-corrected chi connectivity index (χ4v) is 2.92. The van der Waals surface area contributed by atoms with E-state index in [0.717, 1.165) is 0 Å². The first-order valence-corrected chi connectivity index (χ1v) is 7.34. The Morgan fingerprint density at radius 2 is 1.79 bits per heavy atom. The Labute approximate surface area is 137 Å². The summed E-state index contributed by atoms with van der Waals surface area (Å²) in [6.45, 7) is 1.71. The van der Waals surface area contributed by atoms with E-state index < -0.39 is 11.9 Å². The van der Waals surface area contributed by atoms with Gasteiger partial charge in [-0.3, -0.25) is 9.59 Å². The number of methoxy groups -OCH3 is 2. The van der Waals surface area contributed by atoms with Gasteiger partial charge in [0.2, 0.25) is 5.75 Å². The number of aryl methyl sites for hydroxylation is 1. The van der Waals surface area contributed by atoms with Gasteiger partial charge in [-0.05, 0) is 24.6 Å². The zero-order valence-corrected chi connectivity index (χ0v) is 13.5. The second-order valence-corrected chi connectivity index (χ2v) is 5.56. The molecule has 0 spiro atoms. The van der Waals surface area contributed by atoms with E-state index in [-0.39, 0.29) is 35.0 Å². The van der Waals surface area contributed by atoms with E-state index in [9.17, 15) is 14.7 Å². The average molecular weight is 331 g/mol. The highest BCUT2D eigenvalue weighted by molar-refractivity contribution is 5.77. The summed E-state index contributed by atoms with van der Waals surface area (Å²) in [7, 11) is 2.83. The third-order valence-electron chi connectivity index (χ3n) is 4.02. The Balaban J connectivity index is 2.21. The first-order valence-electron chi connectivity index (χ1n) is 7.34. The van der Waals surface area contributed by atoms with Crippen molar-refractivity contribution in [2.75, 3.05) is 14.2 Å². The van der Waals surface area contributed by atoms with Crippen molar-refractivity contribution >= 4 is 5.97 Å². The number of aromatic nitrogens is 1. The van der Waals surface area contributed by atoms with Gasteiger partial charge in [-0.2, -0.15) is 0 Å². The zero-order chi connectivity index (χ0) is 17.4. The van der Waals surface area contributed by atoms with Crippen molar-refractivity contribution in [2.45, 2.75) is 19.3 Å². The first-order chi connectivity index (χ1) is 11.4. The number of H-pyrrole nitrogens is 1. The maximum atomic E-state index is 12.4. The highest BCUT2D eigenvalue weighted by atomic mass is 16.5. The molecule has 2 aromatic rings. The van der Waals surface area contributed by atoms with Crippen molar-refractivity contribution in [3.05, 3.63) is 45.4 Å². The molecule has 3 rings (SSSR count). The zero-order valence-electron chi connectivity index (χ0n) is 13.5. The maximum Gasteiger partial charge on any atom is 0.312 e. The van der Waals surface area contributed by atoms with Crippen LogP contribution in [0.5, 0.6) is 23.0 Å². The van der Waals surface area contributed by atoms with Crippen molar-refractivity contribution < 1.29 is 24.1 Å². The van der Waals surface area contributed by atoms with Gasteiger partial charge in [-0.1, -0.05) is 0 Å². The normalized spacial score (nSPS) is 16.3. The molecule has 7 nitrogen and oxygen atoms in total. The molecule has 1 atom stereocenters. The number of hydrogen-bond acceptors (Lipinski definition) is 6. The second-order valence-electron chi connectivity index (χ2n) is 5.56. The molecule has 0 radical (unpaired) electrons. The summed E-state index contributed by atoms with van der Waals surface area (Å²) in [6, 6.07) is 4.80. The van der Waals surface area contributed by atoms with Gasteiger partial charge < -0.3 is 24.3 Å². The largest absolute Gasteiger partial charge is 0.502 e. The first kappa shape index (κ1) is 15.9. The van der Waals surface area contributed by atoms with Crippen LogP contribution in [0.3, 0.4) is 0 Å². The number of esters is 1. The van der Waals surface area contributed by atoms with E-state index in [2.05, 4.69) is 4.98 Å². The van der Waals surface area contributed by atoms with E-state index in [4.69, 9.17) is 14.2 Å². The molecule has 0 fully saturated rings. The number of phenols is 1. The maximum absolute atomic E-state index is 12.4. The van der Waals surface area contributed by atoms with Gasteiger partial charge in [0.25, 0.3) is 5.56 Å². The van der Waals surface area contributed by atoms with Crippen LogP contribution in [0.2, 0.25) is 0 Å². The number of carbonyl (C=O) groups is 1. The van der Waals surface area contributed by atoms with Crippen molar-refractivity contribution in [2.24, 2.45) is 0 Å². The minimum absolute atomic E-state index is 0.0101. The van der Waals surface area contributed by atoms with Crippen LogP contribution < -0.4 is 19.8 Å². The van der Waals surface area contributed by atoms with E-state index in [1.165, 1.54) is 14.2 Å². The van der Waals surface area contributed by atoms with Crippen molar-refractivity contribution in [3.8, 4) is 23.0 Å². The number of hydrogen-bond donors (Lipinski definition) is 2. The highest BCUT2D eigenvalue weighted by Crippen LogP contribution is 2.43. The van der Waals surface area contributed by atoms with Crippen LogP contribution in [0.4, 0.5) is 0 Å². The number of carbonyl (C=O) groups excluding carboxylic acids is 1. The van der Waals surface area contributed by atoms with Crippen molar-refractivity contribution in [3.63, 3.8) is 0 Å². The Bertz CT molecular complexity index is 845. The number of nitrogens with one attached hydrogen (secondary N) is 1. The quantitative estimate of drug-likeness (QED) is 0.833. The minimum atomic E-state index is -0.519. The Morgan fingerprint density at radius 1 is 1.17 bits per heavy atom. The lowest BCUT2D eigenvalue weighted by Gasteiger charge is -2.25. The lowest BCUT2D eigenvalue weighted by molar-refractivity contribution is -0.135. The molecule has 1 aromatic carbocycles. The average Bonchev–Trinajstić information content (AvgIpc) is 2.53. The fraction of sp³-hybridized carbons (Fsp3) is 0.294. The standard InChI is InChI=1S/C17H17NO6/c1-8-4-11-15(17(21)18-8)10(7-14(19)24-11)9-5-12(22-2)16(20)13(6-9)23-3/h4-6,10,20H,7H2,1-3H3,(H,18,21)/t10-/m0/s1. The van der Waals surface area contributed by atoms with Crippen LogP contribution in [0, 0.1) is 6.92 Å². The van der Waals surface area contributed by atoms with E-state index in [0.29, 0.717) is 16.8 Å². The summed E-state index contributed by atoms with van der Waals surface area (Å²) in [5.41, 5.74) is 1.28. The summed E-state index contributed by atoms with van der Waals surface area (Å²) in [5.74, 6) is -0.428. The Hall–Kier alpha value is -2.96. The summed E-state index contributed by atoms with van der Waals surface area (Å²) in [4.78, 5) is 27.1. The number of benzene rings is 1. The molecule has 0 unspecified atom stereocenters. The highest BCUT2D eigenvalue weighted by Gasteiger charge is 2.32. The molecule has 0 bridgehead atoms. The third kappa shape index (κ3) is 2.58. The van der Waals surface area contributed by atoms with Gasteiger partial charge in [0.1, 0.15) is 5.75 Å². The number of rotatable bonds is 3. The molecule has 0 saturated heterocycles. The SMILES string of the molecule is COc1cc([C@@H]2CC(=O)Oc3cc(C)[nH]c(=O)c32)cc(OC)c1O. The summed E-state index contributed by atoms with van der Waals surface area (Å²) in [6.07, 6.45) is 0.0101. The van der Waals surface area contributed by atoms with Crippen LogP contribution in [0.1, 0.15) is 29.2 Å². The molecule has 0 amide bonds.